The molecule has 0 aliphatic rings. The quantitative estimate of drug-likeness (QED) is 0.427. The summed E-state index contributed by atoms with van der Waals surface area (Å²) in [7, 11) is -1.17. The molecule has 3 unspecified atom stereocenters. The Labute approximate surface area is 98.4 Å². The van der Waals surface area contributed by atoms with Crippen LogP contribution in [0.15, 0.2) is 0 Å². The Kier molecular flexibility index (Phi) is 9.65. The van der Waals surface area contributed by atoms with E-state index < -0.39 is 19.4 Å². The third-order valence-electron chi connectivity index (χ3n) is 2.27. The van der Waals surface area contributed by atoms with Gasteiger partial charge in [0.1, 0.15) is 0 Å². The van der Waals surface area contributed by atoms with Gasteiger partial charge in [-0.1, -0.05) is 39.5 Å². The highest BCUT2D eigenvalue weighted by atomic mass is 33.1. The molecule has 3 atom stereocenters. The summed E-state index contributed by atoms with van der Waals surface area (Å²) in [6.07, 6.45) is 6.60. The molecular formula is C10H25N3S2. The Bertz CT molecular complexity index is 207. The number of hydrogen-bond acceptors (Lipinski definition) is 3. The summed E-state index contributed by atoms with van der Waals surface area (Å²) in [6, 6.07) is 0. The number of hydrogen-bond donors (Lipinski definition) is 3. The predicted molar refractivity (Wildman–Crippen MR) is 72.1 cm³/mol. The van der Waals surface area contributed by atoms with Gasteiger partial charge in [-0.25, -0.2) is 0 Å². The molecule has 0 radical (unpaired) electrons. The molecule has 5 heteroatoms. The third kappa shape index (κ3) is 7.19. The lowest BCUT2D eigenvalue weighted by atomic mass is 10.2. The summed E-state index contributed by atoms with van der Waals surface area (Å²) in [5, 5.41) is -0.0626. The first-order chi connectivity index (χ1) is 7.13. The zero-order chi connectivity index (χ0) is 11.7. The number of unbranched alkanes of at least 4 members (excludes halogenated alkanes) is 3. The van der Waals surface area contributed by atoms with Gasteiger partial charge in [-0.2, -0.15) is 0 Å². The molecule has 0 amide bonds. The van der Waals surface area contributed by atoms with Crippen molar-refractivity contribution in [3.8, 4) is 0 Å². The largest absolute Gasteiger partial charge is 0.318 e. The molecular weight excluding hydrogens is 226 g/mol. The maximum atomic E-state index is 7.93. The SMILES string of the molecule is CCCCCS(=N)S(=N)C(N)CCCC. The van der Waals surface area contributed by atoms with Gasteiger partial charge < -0.3 is 5.73 Å². The molecule has 0 aliphatic carbocycles. The zero-order valence-electron chi connectivity index (χ0n) is 9.92. The van der Waals surface area contributed by atoms with Crippen LogP contribution < -0.4 is 5.73 Å². The average molecular weight is 251 g/mol. The molecule has 0 aliphatic heterocycles. The van der Waals surface area contributed by atoms with Gasteiger partial charge in [0.15, 0.2) is 0 Å². The van der Waals surface area contributed by atoms with Gasteiger partial charge in [-0.05, 0) is 32.3 Å². The van der Waals surface area contributed by atoms with E-state index in [-0.39, 0.29) is 5.37 Å². The molecule has 92 valence electrons. The second kappa shape index (κ2) is 9.48. The molecule has 0 spiro atoms. The van der Waals surface area contributed by atoms with Crippen molar-refractivity contribution in [1.29, 1.82) is 9.56 Å². The van der Waals surface area contributed by atoms with Crippen LogP contribution in [-0.4, -0.2) is 11.1 Å². The minimum absolute atomic E-state index is 0.0626. The fourth-order valence-electron chi connectivity index (χ4n) is 1.23. The molecule has 0 aromatic rings. The standard InChI is InChI=1S/C10H25N3S2/c1-3-5-7-9-14(12)15(13)10(11)8-6-4-2/h10,12-13H,3-9,11H2,1-2H3. The summed E-state index contributed by atoms with van der Waals surface area (Å²) in [6.45, 7) is 4.30. The van der Waals surface area contributed by atoms with Crippen molar-refractivity contribution in [2.45, 2.75) is 57.7 Å². The van der Waals surface area contributed by atoms with Crippen LogP contribution in [0.2, 0.25) is 0 Å². The molecule has 15 heavy (non-hydrogen) atoms. The van der Waals surface area contributed by atoms with Crippen molar-refractivity contribution >= 4 is 19.4 Å². The predicted octanol–water partition coefficient (Wildman–Crippen LogP) is 3.33. The van der Waals surface area contributed by atoms with Gasteiger partial charge in [0, 0.05) is 5.75 Å². The van der Waals surface area contributed by atoms with E-state index in [0.29, 0.717) is 0 Å². The first-order valence-electron chi connectivity index (χ1n) is 5.76. The molecule has 0 saturated carbocycles. The first-order valence-corrected chi connectivity index (χ1v) is 8.95. The minimum Gasteiger partial charge on any atom is -0.318 e. The van der Waals surface area contributed by atoms with Crippen molar-refractivity contribution in [1.82, 2.24) is 0 Å². The minimum atomic E-state index is -0.642. The Hall–Kier alpha value is 0.260. The fraction of sp³-hybridized carbons (Fsp3) is 1.00. The fourth-order valence-corrected chi connectivity index (χ4v) is 4.64. The van der Waals surface area contributed by atoms with Gasteiger partial charge in [0.2, 0.25) is 0 Å². The maximum Gasteiger partial charge on any atom is 0.0721 e. The zero-order valence-corrected chi connectivity index (χ0v) is 11.6. The average Bonchev–Trinajstić information content (AvgIpc) is 2.24. The van der Waals surface area contributed by atoms with Crippen LogP contribution in [0.25, 0.3) is 0 Å². The lowest BCUT2D eigenvalue weighted by Crippen LogP contribution is -2.27. The summed E-state index contributed by atoms with van der Waals surface area (Å²) in [5.41, 5.74) is 5.92. The van der Waals surface area contributed by atoms with E-state index in [2.05, 4.69) is 13.8 Å². The van der Waals surface area contributed by atoms with Crippen LogP contribution in [-0.2, 0) is 19.4 Å². The molecule has 3 nitrogen and oxygen atoms in total. The Morgan fingerprint density at radius 1 is 1.07 bits per heavy atom. The first kappa shape index (κ1) is 15.3. The van der Waals surface area contributed by atoms with Crippen LogP contribution in [0.3, 0.4) is 0 Å². The Morgan fingerprint density at radius 3 is 2.20 bits per heavy atom. The van der Waals surface area contributed by atoms with Crippen molar-refractivity contribution in [2.24, 2.45) is 5.73 Å². The molecule has 0 fully saturated rings. The lowest BCUT2D eigenvalue weighted by molar-refractivity contribution is 0.698. The van der Waals surface area contributed by atoms with E-state index >= 15 is 0 Å². The molecule has 0 heterocycles. The van der Waals surface area contributed by atoms with E-state index in [0.717, 1.165) is 31.4 Å². The summed E-state index contributed by atoms with van der Waals surface area (Å²) in [4.78, 5) is 0. The van der Waals surface area contributed by atoms with Crippen LogP contribution in [0.5, 0.6) is 0 Å². The Balaban J connectivity index is 3.81. The van der Waals surface area contributed by atoms with E-state index in [1.165, 1.54) is 12.8 Å². The van der Waals surface area contributed by atoms with Crippen molar-refractivity contribution in [2.75, 3.05) is 5.75 Å². The molecule has 0 bridgehead atoms. The van der Waals surface area contributed by atoms with Gasteiger partial charge in [0.25, 0.3) is 0 Å². The molecule has 0 aromatic heterocycles. The van der Waals surface area contributed by atoms with Gasteiger partial charge >= 0.3 is 0 Å². The second-order valence-corrected chi connectivity index (χ2v) is 8.32. The van der Waals surface area contributed by atoms with Crippen molar-refractivity contribution in [3.05, 3.63) is 0 Å². The lowest BCUT2D eigenvalue weighted by Gasteiger charge is -2.15. The van der Waals surface area contributed by atoms with E-state index in [1.54, 1.807) is 0 Å². The van der Waals surface area contributed by atoms with E-state index in [9.17, 15) is 0 Å². The van der Waals surface area contributed by atoms with Gasteiger partial charge in [0.05, 0.1) is 5.37 Å². The maximum absolute atomic E-state index is 7.93. The van der Waals surface area contributed by atoms with Crippen molar-refractivity contribution < 1.29 is 0 Å². The van der Waals surface area contributed by atoms with Gasteiger partial charge in [-0.15, -0.1) is 0 Å². The Morgan fingerprint density at radius 2 is 1.67 bits per heavy atom. The number of nitrogens with two attached hydrogens (primary N) is 1. The van der Waals surface area contributed by atoms with Crippen molar-refractivity contribution in [3.63, 3.8) is 0 Å². The topological polar surface area (TPSA) is 73.7 Å². The van der Waals surface area contributed by atoms with E-state index in [1.807, 2.05) is 0 Å². The number of nitrogens with one attached hydrogen (secondary N) is 2. The summed E-state index contributed by atoms with van der Waals surface area (Å²) >= 11 is 0. The second-order valence-electron chi connectivity index (χ2n) is 3.73. The molecule has 4 N–H and O–H groups in total. The van der Waals surface area contributed by atoms with Crippen LogP contribution >= 0.6 is 0 Å². The third-order valence-corrected chi connectivity index (χ3v) is 6.69. The summed E-state index contributed by atoms with van der Waals surface area (Å²) in [5.74, 6) is 0.875. The number of rotatable bonds is 9. The van der Waals surface area contributed by atoms with Crippen LogP contribution in [0.4, 0.5) is 0 Å². The van der Waals surface area contributed by atoms with E-state index in [4.69, 9.17) is 15.3 Å². The molecule has 0 rings (SSSR count). The van der Waals surface area contributed by atoms with Gasteiger partial charge in [-0.3, -0.25) is 9.56 Å². The molecule has 0 saturated heterocycles. The molecule has 0 aromatic carbocycles. The normalized spacial score (nSPS) is 17.3. The highest BCUT2D eigenvalue weighted by molar-refractivity contribution is 8.62. The van der Waals surface area contributed by atoms with Crippen LogP contribution in [0.1, 0.15) is 52.4 Å². The van der Waals surface area contributed by atoms with Crippen LogP contribution in [0, 0.1) is 9.56 Å². The highest BCUT2D eigenvalue weighted by Gasteiger charge is 2.10. The smallest absolute Gasteiger partial charge is 0.0721 e. The monoisotopic (exact) mass is 251 g/mol. The summed E-state index contributed by atoms with van der Waals surface area (Å²) < 4.78 is 15.8. The highest BCUT2D eigenvalue weighted by Crippen LogP contribution is 2.09.